The second kappa shape index (κ2) is 2.84. The van der Waals surface area contributed by atoms with Crippen molar-refractivity contribution in [1.29, 1.82) is 0 Å². The Labute approximate surface area is 81.6 Å². The van der Waals surface area contributed by atoms with Crippen molar-refractivity contribution in [2.24, 2.45) is 0 Å². The van der Waals surface area contributed by atoms with Gasteiger partial charge in [0.2, 0.25) is 0 Å². The third-order valence-corrected chi connectivity index (χ3v) is 2.14. The Morgan fingerprint density at radius 2 is 2.38 bits per heavy atom. The number of aromatic nitrogens is 3. The van der Waals surface area contributed by atoms with Gasteiger partial charge in [0.1, 0.15) is 0 Å². The van der Waals surface area contributed by atoms with Crippen LogP contribution >= 0.6 is 0 Å². The normalized spacial score (nSPS) is 10.5. The van der Waals surface area contributed by atoms with Gasteiger partial charge in [-0.05, 0) is 6.07 Å². The minimum Gasteiger partial charge on any atom is -0.476 e. The van der Waals surface area contributed by atoms with Crippen LogP contribution in [-0.2, 0) is 0 Å². The molecule has 62 valence electrons. The molecule has 2 aromatic rings. The molecule has 0 aliphatic carbocycles. The third-order valence-electron chi connectivity index (χ3n) is 1.73. The summed E-state index contributed by atoms with van der Waals surface area (Å²) in [5.74, 6) is -1.04. The van der Waals surface area contributed by atoms with E-state index in [4.69, 9.17) is 5.11 Å². The van der Waals surface area contributed by atoms with Crippen LogP contribution in [0.4, 0.5) is 0 Å². The molecule has 0 unspecified atom stereocenters. The lowest BCUT2D eigenvalue weighted by molar-refractivity contribution is 0.0693. The molecular weight excluding hydrogens is 185 g/mol. The number of nitrogens with zero attached hydrogens (tertiary/aromatic N) is 3. The summed E-state index contributed by atoms with van der Waals surface area (Å²) in [7, 11) is 0. The summed E-state index contributed by atoms with van der Waals surface area (Å²) in [4.78, 5) is 14.5. The largest absolute Gasteiger partial charge is 0.476 e. The lowest BCUT2D eigenvalue weighted by Crippen LogP contribution is -2.00. The number of aromatic carboxylic acids is 1. The molecule has 0 saturated heterocycles. The van der Waals surface area contributed by atoms with Crippen LogP contribution in [0.5, 0.6) is 0 Å². The lowest BCUT2D eigenvalue weighted by atomic mass is 10.2. The van der Waals surface area contributed by atoms with E-state index in [0.29, 0.717) is 5.39 Å². The van der Waals surface area contributed by atoms with Crippen LogP contribution in [-0.4, -0.2) is 41.3 Å². The Morgan fingerprint density at radius 3 is 3.08 bits per heavy atom. The molecule has 0 aliphatic rings. The molecule has 0 saturated carbocycles. The van der Waals surface area contributed by atoms with E-state index in [2.05, 4.69) is 26.6 Å². The Balaban J connectivity index is 2.84. The molecule has 2 radical (unpaired) electrons. The molecule has 2 rings (SSSR count). The second-order valence-corrected chi connectivity index (χ2v) is 2.98. The number of rotatable bonds is 1. The fourth-order valence-corrected chi connectivity index (χ4v) is 1.43. The molecule has 0 amide bonds. The Morgan fingerprint density at radius 1 is 1.62 bits per heavy atom. The highest BCUT2D eigenvalue weighted by Gasteiger charge is 2.11. The van der Waals surface area contributed by atoms with Gasteiger partial charge in [-0.1, -0.05) is 0 Å². The summed E-state index contributed by atoms with van der Waals surface area (Å²) < 4.78 is 1.53. The van der Waals surface area contributed by atoms with E-state index in [0.717, 1.165) is 5.52 Å². The van der Waals surface area contributed by atoms with E-state index in [1.807, 2.05) is 0 Å². The second-order valence-electron chi connectivity index (χ2n) is 2.49. The SMILES string of the molecule is O=C(O)c1nccc2c1cn[n]2[Al]. The van der Waals surface area contributed by atoms with Gasteiger partial charge < -0.3 is 8.77 Å². The van der Waals surface area contributed by atoms with E-state index in [9.17, 15) is 4.79 Å². The Bertz CT molecular complexity index is 480. The van der Waals surface area contributed by atoms with Crippen molar-refractivity contribution in [3.05, 3.63) is 24.2 Å². The van der Waals surface area contributed by atoms with Crippen molar-refractivity contribution in [2.75, 3.05) is 0 Å². The highest BCUT2D eigenvalue weighted by Crippen LogP contribution is 2.14. The van der Waals surface area contributed by atoms with Gasteiger partial charge >= 0.3 is 22.5 Å². The molecule has 0 aliphatic heterocycles. The van der Waals surface area contributed by atoms with Crippen molar-refractivity contribution >= 4 is 33.4 Å². The number of carboxylic acids is 1. The van der Waals surface area contributed by atoms with Crippen LogP contribution < -0.4 is 0 Å². The number of carboxylic acid groups (broad SMARTS) is 1. The number of carbonyl (C=O) groups is 1. The van der Waals surface area contributed by atoms with Crippen LogP contribution in [0.2, 0.25) is 0 Å². The molecule has 2 aromatic heterocycles. The first-order valence-corrected chi connectivity index (χ1v) is 4.03. The predicted octanol–water partition coefficient (Wildman–Crippen LogP) is 0.0611. The zero-order chi connectivity index (χ0) is 9.42. The minimum absolute atomic E-state index is 0.0335. The van der Waals surface area contributed by atoms with Gasteiger partial charge in [0.05, 0.1) is 11.6 Å². The molecule has 5 nitrogen and oxygen atoms in total. The zero-order valence-electron chi connectivity index (χ0n) is 6.51. The van der Waals surface area contributed by atoms with Gasteiger partial charge in [0.15, 0.2) is 5.69 Å². The predicted molar refractivity (Wildman–Crippen MR) is 45.6 cm³/mol. The first kappa shape index (κ1) is 8.23. The summed E-state index contributed by atoms with van der Waals surface area (Å²) in [5, 5.41) is 13.2. The highest BCUT2D eigenvalue weighted by molar-refractivity contribution is 6.12. The van der Waals surface area contributed by atoms with Crippen LogP contribution in [0.1, 0.15) is 10.5 Å². The molecule has 1 N–H and O–H groups in total. The summed E-state index contributed by atoms with van der Waals surface area (Å²) in [5.41, 5.74) is 0.767. The molecular formula is C7H4AlN3O2. The van der Waals surface area contributed by atoms with E-state index in [-0.39, 0.29) is 5.69 Å². The Kier molecular flexibility index (Phi) is 1.80. The number of hydrogen-bond acceptors (Lipinski definition) is 3. The standard InChI is InChI=1S/C7H5N3O2.Al/c11-7(12)6-4-3-9-10-5(4)1-2-8-6;/h1-3H,(H2,8,9,10,11,12);/q;+1/p-1. The molecule has 0 atom stereocenters. The van der Waals surface area contributed by atoms with E-state index >= 15 is 0 Å². The van der Waals surface area contributed by atoms with Gasteiger partial charge in [-0.3, -0.25) is 0 Å². The first-order valence-electron chi connectivity index (χ1n) is 3.51. The van der Waals surface area contributed by atoms with Gasteiger partial charge in [-0.15, -0.1) is 0 Å². The van der Waals surface area contributed by atoms with Crippen molar-refractivity contribution in [3.8, 4) is 0 Å². The summed E-state index contributed by atoms with van der Waals surface area (Å²) in [6.07, 6.45) is 2.94. The molecule has 13 heavy (non-hydrogen) atoms. The fraction of sp³-hybridized carbons (Fsp3) is 0. The molecule has 2 heterocycles. The first-order chi connectivity index (χ1) is 6.20. The third kappa shape index (κ3) is 1.20. The monoisotopic (exact) mass is 189 g/mol. The summed E-state index contributed by atoms with van der Waals surface area (Å²) in [6, 6.07) is 1.71. The van der Waals surface area contributed by atoms with Gasteiger partial charge in [-0.2, -0.15) is 0 Å². The molecule has 0 fully saturated rings. The smallest absolute Gasteiger partial charge is 0.355 e. The van der Waals surface area contributed by atoms with E-state index in [1.54, 1.807) is 6.07 Å². The number of fused-ring (bicyclic) bond motifs is 1. The fourth-order valence-electron chi connectivity index (χ4n) is 1.14. The molecule has 0 bridgehead atoms. The van der Waals surface area contributed by atoms with Crippen molar-refractivity contribution in [2.45, 2.75) is 0 Å². The average molecular weight is 189 g/mol. The summed E-state index contributed by atoms with van der Waals surface area (Å²) in [6.45, 7) is 0. The molecule has 0 spiro atoms. The maximum Gasteiger partial charge on any atom is 0.355 e. The maximum atomic E-state index is 10.7. The highest BCUT2D eigenvalue weighted by atomic mass is 27.1. The van der Waals surface area contributed by atoms with Gasteiger partial charge in [0, 0.05) is 11.7 Å². The van der Waals surface area contributed by atoms with Crippen molar-refractivity contribution < 1.29 is 9.90 Å². The van der Waals surface area contributed by atoms with E-state index in [1.165, 1.54) is 16.1 Å². The maximum absolute atomic E-state index is 10.7. The van der Waals surface area contributed by atoms with Crippen LogP contribution in [0.25, 0.3) is 10.9 Å². The van der Waals surface area contributed by atoms with Crippen molar-refractivity contribution in [1.82, 2.24) is 13.7 Å². The van der Waals surface area contributed by atoms with Crippen molar-refractivity contribution in [3.63, 3.8) is 0 Å². The zero-order valence-corrected chi connectivity index (χ0v) is 7.66. The van der Waals surface area contributed by atoms with Gasteiger partial charge in [-0.25, -0.2) is 14.9 Å². The Hall–Kier alpha value is -1.38. The molecule has 6 heteroatoms. The van der Waals surface area contributed by atoms with Crippen LogP contribution in [0, 0.1) is 0 Å². The quantitative estimate of drug-likeness (QED) is 0.644. The van der Waals surface area contributed by atoms with Gasteiger partial charge in [0.25, 0.3) is 0 Å². The topological polar surface area (TPSA) is 68.0 Å². The number of hydrogen-bond donors (Lipinski definition) is 1. The van der Waals surface area contributed by atoms with Crippen LogP contribution in [0.15, 0.2) is 18.5 Å². The number of pyridine rings is 1. The lowest BCUT2D eigenvalue weighted by Gasteiger charge is -1.97. The van der Waals surface area contributed by atoms with E-state index < -0.39 is 5.97 Å². The van der Waals surface area contributed by atoms with Crippen LogP contribution in [0.3, 0.4) is 0 Å². The summed E-state index contributed by atoms with van der Waals surface area (Å²) >= 11 is 2.37. The minimum atomic E-state index is -1.04. The average Bonchev–Trinajstić information content (AvgIpc) is 2.48. The molecule has 0 aromatic carbocycles.